The lowest BCUT2D eigenvalue weighted by atomic mass is 10.2. The molecule has 1 amide bonds. The summed E-state index contributed by atoms with van der Waals surface area (Å²) in [6, 6.07) is 5.69. The quantitative estimate of drug-likeness (QED) is 0.896. The fraction of sp³-hybridized carbons (Fsp3) is 0.417. The van der Waals surface area contributed by atoms with E-state index in [1.165, 1.54) is 24.3 Å². The summed E-state index contributed by atoms with van der Waals surface area (Å²) < 4.78 is 28.1. The highest BCUT2D eigenvalue weighted by atomic mass is 35.5. The summed E-state index contributed by atoms with van der Waals surface area (Å²) in [6.07, 6.45) is 1.80. The summed E-state index contributed by atoms with van der Waals surface area (Å²) in [5.74, 6) is -0.0305. The zero-order valence-corrected chi connectivity index (χ0v) is 10.9. The molecule has 0 saturated carbocycles. The molecule has 0 radical (unpaired) electrons. The second kappa shape index (κ2) is 7.25. The maximum absolute atomic E-state index is 11.9. The minimum absolute atomic E-state index is 0. The Morgan fingerprint density at radius 3 is 2.58 bits per heavy atom. The molecule has 1 heterocycles. The van der Waals surface area contributed by atoms with Crippen LogP contribution in [-0.4, -0.2) is 25.1 Å². The van der Waals surface area contributed by atoms with Gasteiger partial charge in [0.2, 0.25) is 5.91 Å². The van der Waals surface area contributed by atoms with E-state index in [2.05, 4.69) is 15.4 Å². The molecule has 1 aromatic rings. The first kappa shape index (κ1) is 15.7. The molecule has 0 unspecified atom stereocenters. The number of hydrogen-bond acceptors (Lipinski definition) is 3. The van der Waals surface area contributed by atoms with Gasteiger partial charge in [-0.2, -0.15) is 8.78 Å². The Morgan fingerprint density at radius 1 is 1.37 bits per heavy atom. The average Bonchev–Trinajstić information content (AvgIpc) is 2.84. The van der Waals surface area contributed by atoms with Gasteiger partial charge in [-0.15, -0.1) is 12.4 Å². The van der Waals surface area contributed by atoms with Gasteiger partial charge in [-0.1, -0.05) is 0 Å². The molecule has 0 spiro atoms. The summed E-state index contributed by atoms with van der Waals surface area (Å²) in [6.45, 7) is -1.99. The molecule has 1 aliphatic rings. The van der Waals surface area contributed by atoms with E-state index in [9.17, 15) is 13.6 Å². The van der Waals surface area contributed by atoms with E-state index in [1.54, 1.807) is 0 Å². The molecule has 1 fully saturated rings. The molecule has 2 rings (SSSR count). The second-order valence-electron chi connectivity index (χ2n) is 4.04. The van der Waals surface area contributed by atoms with Gasteiger partial charge in [0, 0.05) is 5.69 Å². The van der Waals surface area contributed by atoms with Crippen LogP contribution in [0.25, 0.3) is 0 Å². The van der Waals surface area contributed by atoms with Gasteiger partial charge in [-0.05, 0) is 43.7 Å². The van der Waals surface area contributed by atoms with Crippen LogP contribution in [-0.2, 0) is 4.79 Å². The maximum Gasteiger partial charge on any atom is 0.387 e. The number of rotatable bonds is 4. The van der Waals surface area contributed by atoms with Crippen LogP contribution in [0.2, 0.25) is 0 Å². The topological polar surface area (TPSA) is 50.4 Å². The number of carbonyl (C=O) groups excluding carboxylic acids is 1. The van der Waals surface area contributed by atoms with Crippen LogP contribution in [0, 0.1) is 0 Å². The van der Waals surface area contributed by atoms with E-state index in [0.717, 1.165) is 19.4 Å². The van der Waals surface area contributed by atoms with E-state index in [1.807, 2.05) is 0 Å². The Kier molecular flexibility index (Phi) is 5.98. The number of nitrogens with one attached hydrogen (secondary N) is 2. The summed E-state index contributed by atoms with van der Waals surface area (Å²) in [7, 11) is 0. The summed E-state index contributed by atoms with van der Waals surface area (Å²) in [5.41, 5.74) is 0.565. The minimum Gasteiger partial charge on any atom is -0.435 e. The Hall–Kier alpha value is -1.40. The normalized spacial score (nSPS) is 17.9. The zero-order chi connectivity index (χ0) is 13.0. The highest BCUT2D eigenvalue weighted by molar-refractivity contribution is 5.95. The first-order valence-electron chi connectivity index (χ1n) is 5.74. The van der Waals surface area contributed by atoms with Crippen molar-refractivity contribution in [2.24, 2.45) is 0 Å². The molecule has 7 heteroatoms. The third-order valence-corrected chi connectivity index (χ3v) is 2.72. The van der Waals surface area contributed by atoms with Crippen molar-refractivity contribution in [1.29, 1.82) is 0 Å². The number of ether oxygens (including phenoxy) is 1. The number of halogens is 3. The fourth-order valence-electron chi connectivity index (χ4n) is 1.86. The summed E-state index contributed by atoms with van der Waals surface area (Å²) in [4.78, 5) is 11.8. The lowest BCUT2D eigenvalue weighted by Gasteiger charge is -2.11. The maximum atomic E-state index is 11.9. The molecule has 4 nitrogen and oxygen atoms in total. The van der Waals surface area contributed by atoms with Crippen molar-refractivity contribution in [2.45, 2.75) is 25.5 Å². The molecule has 2 N–H and O–H groups in total. The molecule has 1 aliphatic heterocycles. The van der Waals surface area contributed by atoms with Crippen LogP contribution in [0.5, 0.6) is 5.75 Å². The van der Waals surface area contributed by atoms with Gasteiger partial charge in [0.25, 0.3) is 0 Å². The molecule has 106 valence electrons. The van der Waals surface area contributed by atoms with E-state index in [4.69, 9.17) is 0 Å². The first-order chi connectivity index (χ1) is 8.65. The predicted octanol–water partition coefficient (Wildman–Crippen LogP) is 2.40. The van der Waals surface area contributed by atoms with Gasteiger partial charge >= 0.3 is 6.61 Å². The van der Waals surface area contributed by atoms with Gasteiger partial charge in [0.05, 0.1) is 6.04 Å². The molecule has 19 heavy (non-hydrogen) atoms. The molecule has 1 atom stereocenters. The molecule has 0 bridgehead atoms. The highest BCUT2D eigenvalue weighted by Gasteiger charge is 2.21. The van der Waals surface area contributed by atoms with E-state index < -0.39 is 6.61 Å². The van der Waals surface area contributed by atoms with Crippen molar-refractivity contribution in [1.82, 2.24) is 5.32 Å². The van der Waals surface area contributed by atoms with Crippen LogP contribution in [0.15, 0.2) is 24.3 Å². The van der Waals surface area contributed by atoms with Crippen LogP contribution in [0.1, 0.15) is 12.8 Å². The smallest absolute Gasteiger partial charge is 0.387 e. The molecule has 1 aromatic carbocycles. The third-order valence-electron chi connectivity index (χ3n) is 2.72. The number of anilines is 1. The monoisotopic (exact) mass is 292 g/mol. The number of amides is 1. The number of hydrogen-bond donors (Lipinski definition) is 2. The van der Waals surface area contributed by atoms with E-state index in [-0.39, 0.29) is 30.1 Å². The van der Waals surface area contributed by atoms with Crippen molar-refractivity contribution in [3.8, 4) is 5.75 Å². The summed E-state index contributed by atoms with van der Waals surface area (Å²) >= 11 is 0. The average molecular weight is 293 g/mol. The lowest BCUT2D eigenvalue weighted by molar-refractivity contribution is -0.117. The van der Waals surface area contributed by atoms with Crippen molar-refractivity contribution in [3.05, 3.63) is 24.3 Å². The van der Waals surface area contributed by atoms with Crippen molar-refractivity contribution in [3.63, 3.8) is 0 Å². The van der Waals surface area contributed by atoms with Crippen LogP contribution >= 0.6 is 12.4 Å². The van der Waals surface area contributed by atoms with E-state index >= 15 is 0 Å². The minimum atomic E-state index is -2.84. The SMILES string of the molecule is Cl.O=C(Nc1ccc(OC(F)F)cc1)[C@@H]1CCCN1. The second-order valence-corrected chi connectivity index (χ2v) is 4.04. The Morgan fingerprint density at radius 2 is 2.05 bits per heavy atom. The highest BCUT2D eigenvalue weighted by Crippen LogP contribution is 2.18. The Bertz CT molecular complexity index is 409. The Balaban J connectivity index is 0.00000180. The standard InChI is InChI=1S/C12H14F2N2O2.ClH/c13-12(14)18-9-5-3-8(4-6-9)16-11(17)10-2-1-7-15-10;/h3-6,10,12,15H,1-2,7H2,(H,16,17);1H/t10-;/m0./s1. The van der Waals surface area contributed by atoms with Gasteiger partial charge in [0.1, 0.15) is 5.75 Å². The first-order valence-corrected chi connectivity index (χ1v) is 5.74. The number of carbonyl (C=O) groups is 1. The van der Waals surface area contributed by atoms with Crippen LogP contribution < -0.4 is 15.4 Å². The van der Waals surface area contributed by atoms with E-state index in [0.29, 0.717) is 5.69 Å². The van der Waals surface area contributed by atoms with Gasteiger partial charge in [-0.25, -0.2) is 0 Å². The van der Waals surface area contributed by atoms with Gasteiger partial charge in [-0.3, -0.25) is 4.79 Å². The largest absolute Gasteiger partial charge is 0.435 e. The molecule has 0 aromatic heterocycles. The van der Waals surface area contributed by atoms with Crippen molar-refractivity contribution >= 4 is 24.0 Å². The van der Waals surface area contributed by atoms with Crippen molar-refractivity contribution < 1.29 is 18.3 Å². The van der Waals surface area contributed by atoms with Gasteiger partial charge in [0.15, 0.2) is 0 Å². The molecular weight excluding hydrogens is 278 g/mol. The Labute approximate surface area is 115 Å². The lowest BCUT2D eigenvalue weighted by Crippen LogP contribution is -2.35. The van der Waals surface area contributed by atoms with Crippen molar-refractivity contribution in [2.75, 3.05) is 11.9 Å². The predicted molar refractivity (Wildman–Crippen MR) is 70.0 cm³/mol. The third kappa shape index (κ3) is 4.65. The fourth-order valence-corrected chi connectivity index (χ4v) is 1.86. The molecule has 1 saturated heterocycles. The zero-order valence-electron chi connectivity index (χ0n) is 10.1. The van der Waals surface area contributed by atoms with Crippen LogP contribution in [0.3, 0.4) is 0 Å². The van der Waals surface area contributed by atoms with Gasteiger partial charge < -0.3 is 15.4 Å². The number of benzene rings is 1. The number of alkyl halides is 2. The summed E-state index contributed by atoms with van der Waals surface area (Å²) in [5, 5.41) is 5.80. The molecule has 0 aliphatic carbocycles. The molecular formula is C12H15ClF2N2O2. The van der Waals surface area contributed by atoms with Crippen LogP contribution in [0.4, 0.5) is 14.5 Å².